The molecule has 4 rings (SSSR count). The summed E-state index contributed by atoms with van der Waals surface area (Å²) in [7, 11) is 0. The Labute approximate surface area is 137 Å². The van der Waals surface area contributed by atoms with Crippen LogP contribution in [0.4, 0.5) is 0 Å². The van der Waals surface area contributed by atoms with Gasteiger partial charge in [0.25, 0.3) is 0 Å². The molecule has 0 bridgehead atoms. The lowest BCUT2D eigenvalue weighted by atomic mass is 10.1. The summed E-state index contributed by atoms with van der Waals surface area (Å²) in [5.41, 5.74) is 2.09. The molecule has 2 aromatic heterocycles. The fraction of sp³-hybridized carbons (Fsp3) is 0.667. The van der Waals surface area contributed by atoms with Gasteiger partial charge in [0.1, 0.15) is 11.3 Å². The molecule has 0 spiro atoms. The molecule has 0 aromatic carbocycles. The van der Waals surface area contributed by atoms with Crippen LogP contribution in [0.15, 0.2) is 18.3 Å². The summed E-state index contributed by atoms with van der Waals surface area (Å²) in [6.45, 7) is 6.33. The van der Waals surface area contributed by atoms with Crippen LogP contribution in [-0.2, 0) is 11.2 Å². The number of nitrogens with zero attached hydrogens (tertiary/aromatic N) is 4. The van der Waals surface area contributed by atoms with Crippen molar-refractivity contribution in [1.29, 1.82) is 0 Å². The van der Waals surface area contributed by atoms with Gasteiger partial charge in [0.05, 0.1) is 0 Å². The Morgan fingerprint density at radius 1 is 1.26 bits per heavy atom. The SMILES string of the molecule is CCN1CCCC1Cc1nc2cccnc2n1C1CCOCC1. The van der Waals surface area contributed by atoms with Crippen molar-refractivity contribution >= 4 is 11.2 Å². The lowest BCUT2D eigenvalue weighted by molar-refractivity contribution is 0.0694. The van der Waals surface area contributed by atoms with Gasteiger partial charge in [-0.15, -0.1) is 0 Å². The number of likely N-dealkylation sites (tertiary alicyclic amines) is 1. The number of fused-ring (bicyclic) bond motifs is 1. The van der Waals surface area contributed by atoms with Crippen molar-refractivity contribution in [1.82, 2.24) is 19.4 Å². The molecule has 0 N–H and O–H groups in total. The molecule has 1 unspecified atom stereocenters. The van der Waals surface area contributed by atoms with Gasteiger partial charge in [-0.2, -0.15) is 0 Å². The van der Waals surface area contributed by atoms with Gasteiger partial charge in [0.2, 0.25) is 0 Å². The van der Waals surface area contributed by atoms with Gasteiger partial charge in [-0.05, 0) is 50.9 Å². The molecule has 0 radical (unpaired) electrons. The lowest BCUT2D eigenvalue weighted by Gasteiger charge is -2.27. The van der Waals surface area contributed by atoms with E-state index in [0.29, 0.717) is 12.1 Å². The van der Waals surface area contributed by atoms with Gasteiger partial charge in [0, 0.05) is 37.9 Å². The number of imidazole rings is 1. The second-order valence-electron chi connectivity index (χ2n) is 6.72. The van der Waals surface area contributed by atoms with E-state index in [0.717, 1.165) is 50.2 Å². The first kappa shape index (κ1) is 15.1. The smallest absolute Gasteiger partial charge is 0.160 e. The molecule has 0 amide bonds. The molecule has 23 heavy (non-hydrogen) atoms. The van der Waals surface area contributed by atoms with Crippen molar-refractivity contribution in [2.75, 3.05) is 26.3 Å². The molecule has 2 aliphatic rings. The standard InChI is InChI=1S/C18H26N4O/c1-2-21-10-4-5-15(21)13-17-20-16-6-3-9-19-18(16)22(17)14-7-11-23-12-8-14/h3,6,9,14-15H,2,4-5,7-8,10-13H2,1H3. The monoisotopic (exact) mass is 314 g/mol. The number of hydrogen-bond donors (Lipinski definition) is 0. The van der Waals surface area contributed by atoms with Crippen LogP contribution in [0.3, 0.4) is 0 Å². The van der Waals surface area contributed by atoms with E-state index in [-0.39, 0.29) is 0 Å². The number of rotatable bonds is 4. The van der Waals surface area contributed by atoms with Crippen LogP contribution in [-0.4, -0.2) is 51.8 Å². The molecule has 5 heteroatoms. The first-order valence-electron chi connectivity index (χ1n) is 9.00. The summed E-state index contributed by atoms with van der Waals surface area (Å²) >= 11 is 0. The molecule has 2 aliphatic heterocycles. The Balaban J connectivity index is 1.69. The van der Waals surface area contributed by atoms with Crippen LogP contribution in [0.5, 0.6) is 0 Å². The van der Waals surface area contributed by atoms with Gasteiger partial charge < -0.3 is 14.2 Å². The number of aromatic nitrogens is 3. The normalized spacial score (nSPS) is 23.8. The van der Waals surface area contributed by atoms with Crippen LogP contribution < -0.4 is 0 Å². The van der Waals surface area contributed by atoms with Crippen LogP contribution in [0.25, 0.3) is 11.2 Å². The van der Waals surface area contributed by atoms with Gasteiger partial charge in [-0.25, -0.2) is 9.97 Å². The van der Waals surface area contributed by atoms with Crippen molar-refractivity contribution in [3.8, 4) is 0 Å². The van der Waals surface area contributed by atoms with Crippen molar-refractivity contribution in [2.45, 2.75) is 51.1 Å². The number of likely N-dealkylation sites (N-methyl/N-ethyl adjacent to an activating group) is 1. The largest absolute Gasteiger partial charge is 0.381 e. The fourth-order valence-electron chi connectivity index (χ4n) is 4.20. The van der Waals surface area contributed by atoms with Crippen LogP contribution in [0.1, 0.15) is 44.5 Å². The zero-order valence-electron chi connectivity index (χ0n) is 13.9. The maximum atomic E-state index is 5.56. The van der Waals surface area contributed by atoms with Crippen molar-refractivity contribution in [3.05, 3.63) is 24.2 Å². The number of ether oxygens (including phenoxy) is 1. The highest BCUT2D eigenvalue weighted by Gasteiger charge is 2.28. The van der Waals surface area contributed by atoms with Gasteiger partial charge in [-0.1, -0.05) is 6.92 Å². The Hall–Kier alpha value is -1.46. The third-order valence-corrected chi connectivity index (χ3v) is 5.40. The van der Waals surface area contributed by atoms with E-state index < -0.39 is 0 Å². The highest BCUT2D eigenvalue weighted by Crippen LogP contribution is 2.29. The van der Waals surface area contributed by atoms with Crippen LogP contribution in [0, 0.1) is 0 Å². The number of pyridine rings is 1. The highest BCUT2D eigenvalue weighted by molar-refractivity contribution is 5.71. The average molecular weight is 314 g/mol. The van der Waals surface area contributed by atoms with Crippen LogP contribution in [0.2, 0.25) is 0 Å². The predicted molar refractivity (Wildman–Crippen MR) is 90.6 cm³/mol. The van der Waals surface area contributed by atoms with Gasteiger partial charge in [-0.3, -0.25) is 0 Å². The minimum Gasteiger partial charge on any atom is -0.381 e. The fourth-order valence-corrected chi connectivity index (χ4v) is 4.20. The van der Waals surface area contributed by atoms with Gasteiger partial charge >= 0.3 is 0 Å². The van der Waals surface area contributed by atoms with E-state index >= 15 is 0 Å². The molecule has 4 heterocycles. The van der Waals surface area contributed by atoms with E-state index in [2.05, 4.69) is 27.4 Å². The first-order valence-corrected chi connectivity index (χ1v) is 9.00. The molecular weight excluding hydrogens is 288 g/mol. The maximum Gasteiger partial charge on any atom is 0.160 e. The second-order valence-corrected chi connectivity index (χ2v) is 6.72. The lowest BCUT2D eigenvalue weighted by Crippen LogP contribution is -2.32. The summed E-state index contributed by atoms with van der Waals surface area (Å²) in [4.78, 5) is 12.2. The van der Waals surface area contributed by atoms with Crippen molar-refractivity contribution in [2.24, 2.45) is 0 Å². The summed E-state index contributed by atoms with van der Waals surface area (Å²) in [6, 6.07) is 5.19. The minimum atomic E-state index is 0.482. The number of hydrogen-bond acceptors (Lipinski definition) is 4. The van der Waals surface area contributed by atoms with E-state index in [9.17, 15) is 0 Å². The molecule has 2 fully saturated rings. The van der Waals surface area contributed by atoms with E-state index in [4.69, 9.17) is 9.72 Å². The van der Waals surface area contributed by atoms with Crippen LogP contribution >= 0.6 is 0 Å². The highest BCUT2D eigenvalue weighted by atomic mass is 16.5. The molecular formula is C18H26N4O. The van der Waals surface area contributed by atoms with Crippen molar-refractivity contribution < 1.29 is 4.74 Å². The molecule has 5 nitrogen and oxygen atoms in total. The average Bonchev–Trinajstić information content (AvgIpc) is 3.19. The summed E-state index contributed by atoms with van der Waals surface area (Å²) in [6.07, 6.45) is 7.67. The zero-order valence-corrected chi connectivity index (χ0v) is 13.9. The molecule has 0 saturated carbocycles. The zero-order chi connectivity index (χ0) is 15.6. The molecule has 124 valence electrons. The predicted octanol–water partition coefficient (Wildman–Crippen LogP) is 2.81. The minimum absolute atomic E-state index is 0.482. The molecule has 1 atom stereocenters. The van der Waals surface area contributed by atoms with E-state index in [1.165, 1.54) is 25.2 Å². The van der Waals surface area contributed by atoms with E-state index in [1.807, 2.05) is 12.3 Å². The Morgan fingerprint density at radius 3 is 2.96 bits per heavy atom. The Morgan fingerprint density at radius 2 is 2.13 bits per heavy atom. The maximum absolute atomic E-state index is 5.56. The molecule has 0 aliphatic carbocycles. The topological polar surface area (TPSA) is 43.2 Å². The Bertz CT molecular complexity index is 662. The third kappa shape index (κ3) is 2.88. The summed E-state index contributed by atoms with van der Waals surface area (Å²) in [5.74, 6) is 1.22. The second kappa shape index (κ2) is 6.57. The van der Waals surface area contributed by atoms with E-state index in [1.54, 1.807) is 0 Å². The quantitative estimate of drug-likeness (QED) is 0.870. The molecule has 2 saturated heterocycles. The van der Waals surface area contributed by atoms with Gasteiger partial charge in [0.15, 0.2) is 5.65 Å². The first-order chi connectivity index (χ1) is 11.4. The third-order valence-electron chi connectivity index (χ3n) is 5.40. The summed E-state index contributed by atoms with van der Waals surface area (Å²) in [5, 5.41) is 0. The Kier molecular flexibility index (Phi) is 4.31. The van der Waals surface area contributed by atoms with Crippen molar-refractivity contribution in [3.63, 3.8) is 0 Å². The summed E-state index contributed by atoms with van der Waals surface area (Å²) < 4.78 is 7.98. The molecule has 2 aromatic rings.